The second-order valence-corrected chi connectivity index (χ2v) is 4.99. The van der Waals surface area contributed by atoms with Crippen LogP contribution in [-0.2, 0) is 4.79 Å². The maximum atomic E-state index is 11.3. The summed E-state index contributed by atoms with van der Waals surface area (Å²) in [5.41, 5.74) is 3.67. The first kappa shape index (κ1) is 17.3. The van der Waals surface area contributed by atoms with Gasteiger partial charge in [-0.05, 0) is 58.7 Å². The number of carbonyl (C=O) groups is 1. The smallest absolute Gasteiger partial charge is 1.00 e. The monoisotopic (exact) mass is 314 g/mol. The van der Waals surface area contributed by atoms with Crippen molar-refractivity contribution in [3.05, 3.63) is 89.5 Å². The predicted octanol–water partition coefficient (Wildman–Crippen LogP) is 0.711. The number of phenols is 2. The van der Waals surface area contributed by atoms with Crippen molar-refractivity contribution in [2.75, 3.05) is 0 Å². The Morgan fingerprint density at radius 3 is 1.48 bits per heavy atom. The SMILES string of the molecule is O=C1C=CC(=C(c2ccc(O)cc2)c2ccc(O)cc2)C=C1.[H-].[Na+]. The molecule has 0 spiro atoms. The zero-order chi connectivity index (χ0) is 15.5. The minimum Gasteiger partial charge on any atom is -1.00 e. The molecular weight excluding hydrogens is 299 g/mol. The minimum absolute atomic E-state index is 0. The molecule has 0 saturated heterocycles. The van der Waals surface area contributed by atoms with Gasteiger partial charge in [0.05, 0.1) is 0 Å². The number of aromatic hydroxyl groups is 2. The van der Waals surface area contributed by atoms with Crippen LogP contribution >= 0.6 is 0 Å². The first-order chi connectivity index (χ1) is 10.6. The molecule has 4 heteroatoms. The number of hydrogen-bond donors (Lipinski definition) is 2. The van der Waals surface area contributed by atoms with Crippen LogP contribution in [0.4, 0.5) is 0 Å². The van der Waals surface area contributed by atoms with Gasteiger partial charge in [-0.3, -0.25) is 4.79 Å². The summed E-state index contributed by atoms with van der Waals surface area (Å²) in [5, 5.41) is 18.9. The third-order valence-corrected chi connectivity index (χ3v) is 3.45. The molecule has 0 amide bonds. The molecule has 0 atom stereocenters. The molecule has 1 aliphatic carbocycles. The standard InChI is InChI=1S/C19H14O3.Na.H/c20-16-7-1-13(2-8-16)19(14-3-9-17(21)10-4-14)15-5-11-18(22)12-6-15;;/h1-12,20-21H;;/q;+1;-1. The summed E-state index contributed by atoms with van der Waals surface area (Å²) < 4.78 is 0. The van der Waals surface area contributed by atoms with Crippen LogP contribution in [0.5, 0.6) is 11.5 Å². The van der Waals surface area contributed by atoms with Gasteiger partial charge in [0.15, 0.2) is 5.78 Å². The molecule has 2 aromatic rings. The molecule has 2 N–H and O–H groups in total. The zero-order valence-corrected chi connectivity index (χ0v) is 14.7. The van der Waals surface area contributed by atoms with Crippen LogP contribution in [0.1, 0.15) is 12.6 Å². The molecule has 0 radical (unpaired) electrons. The summed E-state index contributed by atoms with van der Waals surface area (Å²) in [6.45, 7) is 0. The van der Waals surface area contributed by atoms with E-state index in [0.717, 1.165) is 22.3 Å². The second kappa shape index (κ2) is 7.47. The second-order valence-electron chi connectivity index (χ2n) is 4.99. The van der Waals surface area contributed by atoms with Gasteiger partial charge in [0.1, 0.15) is 11.5 Å². The molecule has 0 bridgehead atoms. The third-order valence-electron chi connectivity index (χ3n) is 3.45. The fourth-order valence-electron chi connectivity index (χ4n) is 2.38. The Hall–Kier alpha value is -2.07. The maximum absolute atomic E-state index is 11.3. The number of phenolic OH excluding ortho intramolecular Hbond substituents is 2. The van der Waals surface area contributed by atoms with Gasteiger partial charge >= 0.3 is 29.6 Å². The van der Waals surface area contributed by atoms with Crippen molar-refractivity contribution < 1.29 is 46.0 Å². The van der Waals surface area contributed by atoms with Crippen LogP contribution in [0.3, 0.4) is 0 Å². The summed E-state index contributed by atoms with van der Waals surface area (Å²) in [7, 11) is 0. The Kier molecular flexibility index (Phi) is 5.61. The van der Waals surface area contributed by atoms with E-state index in [-0.39, 0.29) is 48.3 Å². The third kappa shape index (κ3) is 4.02. The molecule has 2 aromatic carbocycles. The molecule has 1 aliphatic rings. The van der Waals surface area contributed by atoms with E-state index in [4.69, 9.17) is 0 Å². The Morgan fingerprint density at radius 2 is 1.09 bits per heavy atom. The number of hydrogen-bond acceptors (Lipinski definition) is 3. The van der Waals surface area contributed by atoms with Crippen molar-refractivity contribution >= 4 is 11.4 Å². The van der Waals surface area contributed by atoms with Gasteiger partial charge in [-0.25, -0.2) is 0 Å². The molecule has 3 rings (SSSR count). The van der Waals surface area contributed by atoms with Gasteiger partial charge in [-0.2, -0.15) is 0 Å². The summed E-state index contributed by atoms with van der Waals surface area (Å²) in [6.07, 6.45) is 6.60. The molecule has 0 heterocycles. The minimum atomic E-state index is -0.0421. The maximum Gasteiger partial charge on any atom is 1.00 e. The van der Waals surface area contributed by atoms with E-state index in [9.17, 15) is 15.0 Å². The number of allylic oxidation sites excluding steroid dienone is 5. The van der Waals surface area contributed by atoms with Crippen LogP contribution in [0, 0.1) is 0 Å². The fraction of sp³-hybridized carbons (Fsp3) is 0. The summed E-state index contributed by atoms with van der Waals surface area (Å²) in [4.78, 5) is 11.3. The molecule has 0 unspecified atom stereocenters. The van der Waals surface area contributed by atoms with Crippen LogP contribution in [-0.4, -0.2) is 16.0 Å². The topological polar surface area (TPSA) is 57.5 Å². The molecule has 3 nitrogen and oxygen atoms in total. The van der Waals surface area contributed by atoms with Crippen LogP contribution in [0.2, 0.25) is 0 Å². The molecule has 0 aromatic heterocycles. The van der Waals surface area contributed by atoms with Gasteiger partial charge < -0.3 is 11.6 Å². The van der Waals surface area contributed by atoms with E-state index in [2.05, 4.69) is 0 Å². The van der Waals surface area contributed by atoms with Crippen molar-refractivity contribution in [3.8, 4) is 11.5 Å². The zero-order valence-electron chi connectivity index (χ0n) is 13.7. The van der Waals surface area contributed by atoms with Crippen molar-refractivity contribution in [3.63, 3.8) is 0 Å². The largest absolute Gasteiger partial charge is 1.00 e. The van der Waals surface area contributed by atoms with E-state index in [1.807, 2.05) is 24.3 Å². The summed E-state index contributed by atoms with van der Waals surface area (Å²) >= 11 is 0. The van der Waals surface area contributed by atoms with Gasteiger partial charge in [-0.1, -0.05) is 36.4 Å². The normalized spacial score (nSPS) is 12.9. The van der Waals surface area contributed by atoms with Crippen LogP contribution < -0.4 is 29.6 Å². The number of ketones is 1. The fourth-order valence-corrected chi connectivity index (χ4v) is 2.38. The van der Waals surface area contributed by atoms with E-state index in [1.54, 1.807) is 36.4 Å². The molecular formula is C19H15NaO3. The Morgan fingerprint density at radius 1 is 0.696 bits per heavy atom. The first-order valence-electron chi connectivity index (χ1n) is 6.87. The Bertz CT molecular complexity index is 738. The molecule has 110 valence electrons. The quantitative estimate of drug-likeness (QED) is 0.803. The molecule has 0 aliphatic heterocycles. The van der Waals surface area contributed by atoms with Crippen molar-refractivity contribution in [1.82, 2.24) is 0 Å². The predicted molar refractivity (Wildman–Crippen MR) is 86.6 cm³/mol. The number of benzene rings is 2. The van der Waals surface area contributed by atoms with E-state index < -0.39 is 0 Å². The summed E-state index contributed by atoms with van der Waals surface area (Å²) in [5.74, 6) is 0.354. The van der Waals surface area contributed by atoms with Crippen molar-refractivity contribution in [2.45, 2.75) is 0 Å². The molecule has 0 fully saturated rings. The first-order valence-corrected chi connectivity index (χ1v) is 6.87. The van der Waals surface area contributed by atoms with E-state index in [0.29, 0.717) is 0 Å². The molecule has 0 saturated carbocycles. The number of rotatable bonds is 2. The van der Waals surface area contributed by atoms with Gasteiger partial charge in [0.2, 0.25) is 0 Å². The van der Waals surface area contributed by atoms with Crippen molar-refractivity contribution in [1.29, 1.82) is 0 Å². The summed E-state index contributed by atoms with van der Waals surface area (Å²) in [6, 6.07) is 13.8. The van der Waals surface area contributed by atoms with Crippen LogP contribution in [0.25, 0.3) is 5.57 Å². The van der Waals surface area contributed by atoms with Gasteiger partial charge in [-0.15, -0.1) is 0 Å². The average molecular weight is 314 g/mol. The van der Waals surface area contributed by atoms with Crippen LogP contribution in [0.15, 0.2) is 78.4 Å². The van der Waals surface area contributed by atoms with Gasteiger partial charge in [0, 0.05) is 0 Å². The Balaban J connectivity index is 0.00000144. The van der Waals surface area contributed by atoms with E-state index in [1.165, 1.54) is 12.2 Å². The van der Waals surface area contributed by atoms with Crippen molar-refractivity contribution in [2.24, 2.45) is 0 Å². The molecule has 23 heavy (non-hydrogen) atoms. The average Bonchev–Trinajstić information content (AvgIpc) is 2.53. The van der Waals surface area contributed by atoms with E-state index >= 15 is 0 Å². The van der Waals surface area contributed by atoms with Gasteiger partial charge in [0.25, 0.3) is 0 Å². The number of carbonyl (C=O) groups excluding carboxylic acids is 1. The Labute approximate surface area is 158 Å².